The zero-order chi connectivity index (χ0) is 11.7. The summed E-state index contributed by atoms with van der Waals surface area (Å²) in [6, 6.07) is 9.66. The zero-order valence-electron chi connectivity index (χ0n) is 9.11. The molecule has 6 heteroatoms. The maximum atomic E-state index is 5.11. The largest absolute Gasteiger partial charge is 0.422 e. The van der Waals surface area contributed by atoms with E-state index in [4.69, 9.17) is 4.42 Å². The molecule has 0 atom stereocenters. The number of benzene rings is 1. The van der Waals surface area contributed by atoms with E-state index >= 15 is 0 Å². The van der Waals surface area contributed by atoms with Gasteiger partial charge in [0, 0.05) is 0 Å². The molecule has 6 nitrogen and oxygen atoms in total. The first-order valence-electron chi connectivity index (χ1n) is 5.10. The fourth-order valence-corrected chi connectivity index (χ4v) is 1.53. The van der Waals surface area contributed by atoms with Gasteiger partial charge in [-0.25, -0.2) is 0 Å². The Bertz CT molecular complexity index is 615. The minimum atomic E-state index is 0.379. The summed E-state index contributed by atoms with van der Waals surface area (Å²) in [7, 11) is 0. The number of aryl methyl sites for hydroxylation is 1. The lowest BCUT2D eigenvalue weighted by Gasteiger charge is -1.96. The number of para-hydroxylation sites is 1. The van der Waals surface area contributed by atoms with E-state index in [1.165, 1.54) is 6.39 Å². The van der Waals surface area contributed by atoms with Gasteiger partial charge in [0.15, 0.2) is 5.69 Å². The molecule has 0 saturated carbocycles. The van der Waals surface area contributed by atoms with Gasteiger partial charge in [0.05, 0.1) is 11.4 Å². The molecule has 84 valence electrons. The molecule has 0 saturated heterocycles. The van der Waals surface area contributed by atoms with Crippen LogP contribution in [0.1, 0.15) is 5.69 Å². The quantitative estimate of drug-likeness (QED) is 0.665. The molecule has 2 aromatic heterocycles. The van der Waals surface area contributed by atoms with Crippen molar-refractivity contribution in [2.45, 2.75) is 6.92 Å². The summed E-state index contributed by atoms with van der Waals surface area (Å²) in [5.74, 6) is 0.379. The van der Waals surface area contributed by atoms with Gasteiger partial charge in [-0.2, -0.15) is 9.90 Å². The minimum Gasteiger partial charge on any atom is -0.422 e. The highest BCUT2D eigenvalue weighted by atomic mass is 16.4. The number of rotatable bonds is 2. The van der Waals surface area contributed by atoms with Gasteiger partial charge in [0.25, 0.3) is 5.89 Å². The van der Waals surface area contributed by atoms with E-state index in [0.717, 1.165) is 11.4 Å². The molecule has 0 amide bonds. The van der Waals surface area contributed by atoms with Crippen LogP contribution >= 0.6 is 0 Å². The first-order valence-corrected chi connectivity index (χ1v) is 5.10. The Kier molecular flexibility index (Phi) is 2.18. The number of nitrogens with zero attached hydrogens (tertiary/aromatic N) is 5. The Balaban J connectivity index is 2.08. The van der Waals surface area contributed by atoms with Crippen LogP contribution in [0, 0.1) is 6.92 Å². The van der Waals surface area contributed by atoms with E-state index in [1.807, 2.05) is 37.3 Å². The molecule has 0 radical (unpaired) electrons. The summed E-state index contributed by atoms with van der Waals surface area (Å²) in [4.78, 5) is 1.55. The van der Waals surface area contributed by atoms with Crippen LogP contribution in [0.5, 0.6) is 0 Å². The molecule has 17 heavy (non-hydrogen) atoms. The third-order valence-corrected chi connectivity index (χ3v) is 2.33. The fourth-order valence-electron chi connectivity index (χ4n) is 1.53. The Morgan fingerprint density at radius 2 is 1.94 bits per heavy atom. The van der Waals surface area contributed by atoms with Gasteiger partial charge in [-0.05, 0) is 19.1 Å². The molecule has 3 aromatic rings. The highest BCUT2D eigenvalue weighted by molar-refractivity contribution is 5.49. The molecule has 1 aromatic carbocycles. The first-order chi connectivity index (χ1) is 8.34. The smallest absolute Gasteiger partial charge is 0.269 e. The van der Waals surface area contributed by atoms with Gasteiger partial charge in [0.1, 0.15) is 0 Å². The van der Waals surface area contributed by atoms with Gasteiger partial charge < -0.3 is 4.42 Å². The summed E-state index contributed by atoms with van der Waals surface area (Å²) in [5, 5.41) is 16.1. The molecule has 2 heterocycles. The highest BCUT2D eigenvalue weighted by Crippen LogP contribution is 2.17. The van der Waals surface area contributed by atoms with Crippen LogP contribution in [0.25, 0.3) is 17.3 Å². The lowest BCUT2D eigenvalue weighted by atomic mass is 10.3. The fraction of sp³-hybridized carbons (Fsp3) is 0.0909. The average Bonchev–Trinajstić information content (AvgIpc) is 2.99. The number of aromatic nitrogens is 5. The summed E-state index contributed by atoms with van der Waals surface area (Å²) in [5.41, 5.74) is 2.24. The summed E-state index contributed by atoms with van der Waals surface area (Å²) in [6.45, 7) is 1.85. The van der Waals surface area contributed by atoms with Gasteiger partial charge in [-0.3, -0.25) is 0 Å². The van der Waals surface area contributed by atoms with Crippen molar-refractivity contribution in [2.24, 2.45) is 0 Å². The zero-order valence-corrected chi connectivity index (χ0v) is 9.11. The summed E-state index contributed by atoms with van der Waals surface area (Å²) in [6.07, 6.45) is 1.27. The van der Waals surface area contributed by atoms with Crippen molar-refractivity contribution in [3.63, 3.8) is 0 Å². The molecule has 0 bridgehead atoms. The van der Waals surface area contributed by atoms with Crippen LogP contribution in [0.4, 0.5) is 0 Å². The van der Waals surface area contributed by atoms with Crippen LogP contribution in [0.3, 0.4) is 0 Å². The molecular formula is C11H9N5O. The van der Waals surface area contributed by atoms with Crippen LogP contribution < -0.4 is 0 Å². The second-order valence-electron chi connectivity index (χ2n) is 3.50. The van der Waals surface area contributed by atoms with Crippen molar-refractivity contribution in [3.8, 4) is 17.3 Å². The molecule has 0 aliphatic heterocycles. The Morgan fingerprint density at radius 3 is 2.65 bits per heavy atom. The average molecular weight is 227 g/mol. The van der Waals surface area contributed by atoms with E-state index in [9.17, 15) is 0 Å². The monoisotopic (exact) mass is 227 g/mol. The molecule has 3 rings (SSSR count). The lowest BCUT2D eigenvalue weighted by molar-refractivity contribution is 0.565. The van der Waals surface area contributed by atoms with E-state index in [-0.39, 0.29) is 0 Å². The second kappa shape index (κ2) is 3.82. The molecule has 0 spiro atoms. The number of hydrogen-bond donors (Lipinski definition) is 0. The Morgan fingerprint density at radius 1 is 1.12 bits per heavy atom. The van der Waals surface area contributed by atoms with Crippen molar-refractivity contribution in [2.75, 3.05) is 0 Å². The SMILES string of the molecule is Cc1nn(-c2ccccc2)nc1-c1nnco1. The maximum Gasteiger partial charge on any atom is 0.269 e. The predicted octanol–water partition coefficient (Wildman–Crippen LogP) is 1.63. The van der Waals surface area contributed by atoms with Gasteiger partial charge in [-0.15, -0.1) is 15.3 Å². The summed E-state index contributed by atoms with van der Waals surface area (Å²) < 4.78 is 5.11. The molecule has 0 aliphatic rings. The normalized spacial score (nSPS) is 10.6. The van der Waals surface area contributed by atoms with Crippen LogP contribution in [-0.4, -0.2) is 25.2 Å². The first kappa shape index (κ1) is 9.71. The number of hydrogen-bond acceptors (Lipinski definition) is 5. The van der Waals surface area contributed by atoms with E-state index < -0.39 is 0 Å². The summed E-state index contributed by atoms with van der Waals surface area (Å²) >= 11 is 0. The topological polar surface area (TPSA) is 69.6 Å². The lowest BCUT2D eigenvalue weighted by Crippen LogP contribution is -1.98. The van der Waals surface area contributed by atoms with Gasteiger partial charge >= 0.3 is 0 Å². The third-order valence-electron chi connectivity index (χ3n) is 2.33. The second-order valence-corrected chi connectivity index (χ2v) is 3.50. The van der Waals surface area contributed by atoms with E-state index in [2.05, 4.69) is 20.4 Å². The van der Waals surface area contributed by atoms with Crippen molar-refractivity contribution >= 4 is 0 Å². The molecule has 0 unspecified atom stereocenters. The highest BCUT2D eigenvalue weighted by Gasteiger charge is 2.14. The molecule has 0 N–H and O–H groups in total. The Labute approximate surface area is 96.9 Å². The van der Waals surface area contributed by atoms with E-state index in [0.29, 0.717) is 11.6 Å². The third kappa shape index (κ3) is 1.69. The van der Waals surface area contributed by atoms with Crippen LogP contribution in [-0.2, 0) is 0 Å². The van der Waals surface area contributed by atoms with Crippen molar-refractivity contribution < 1.29 is 4.42 Å². The van der Waals surface area contributed by atoms with Gasteiger partial charge in [0.2, 0.25) is 6.39 Å². The van der Waals surface area contributed by atoms with Crippen LogP contribution in [0.2, 0.25) is 0 Å². The van der Waals surface area contributed by atoms with Crippen molar-refractivity contribution in [1.82, 2.24) is 25.2 Å². The predicted molar refractivity (Wildman–Crippen MR) is 59.4 cm³/mol. The van der Waals surface area contributed by atoms with Crippen LogP contribution in [0.15, 0.2) is 41.1 Å². The molecule has 0 aliphatic carbocycles. The van der Waals surface area contributed by atoms with Gasteiger partial charge in [-0.1, -0.05) is 18.2 Å². The van der Waals surface area contributed by atoms with E-state index in [1.54, 1.807) is 4.80 Å². The standard InChI is InChI=1S/C11H9N5O/c1-8-10(11-13-12-7-17-11)15-16(14-8)9-5-3-2-4-6-9/h2-7H,1H3. The minimum absolute atomic E-state index is 0.379. The van der Waals surface area contributed by atoms with Crippen molar-refractivity contribution in [3.05, 3.63) is 42.4 Å². The maximum absolute atomic E-state index is 5.11. The Hall–Kier alpha value is -2.50. The molecular weight excluding hydrogens is 218 g/mol. The molecule has 0 fully saturated rings. The van der Waals surface area contributed by atoms with Crippen molar-refractivity contribution in [1.29, 1.82) is 0 Å².